The van der Waals surface area contributed by atoms with Gasteiger partial charge in [-0.3, -0.25) is 4.72 Å². The van der Waals surface area contributed by atoms with E-state index in [1.165, 1.54) is 5.56 Å². The standard InChI is InChI=1S/C24H25ClN2O3S/c1-27-13-11-19-15-23(24(30-2)16-20(19)12-14-27)26-31(28,29)22-9-5-18(6-10-22)17-3-7-21(25)8-4-17/h3-10,15-16,26H,11-14H2,1-2H3. The van der Waals surface area contributed by atoms with Crippen LogP contribution in [0.5, 0.6) is 5.75 Å². The van der Waals surface area contributed by atoms with E-state index in [1.54, 1.807) is 31.4 Å². The SMILES string of the molecule is COc1cc2c(cc1NS(=O)(=O)c1ccc(-c3ccc(Cl)cc3)cc1)CCN(C)CC2. The largest absolute Gasteiger partial charge is 0.495 e. The lowest BCUT2D eigenvalue weighted by atomic mass is 10.0. The molecule has 0 unspecified atom stereocenters. The lowest BCUT2D eigenvalue weighted by molar-refractivity contribution is 0.352. The number of hydrogen-bond acceptors (Lipinski definition) is 4. The van der Waals surface area contributed by atoms with E-state index in [2.05, 4.69) is 16.7 Å². The maximum Gasteiger partial charge on any atom is 0.262 e. The lowest BCUT2D eigenvalue weighted by Crippen LogP contribution is -2.20. The number of nitrogens with one attached hydrogen (secondary N) is 1. The number of nitrogens with zero attached hydrogens (tertiary/aromatic N) is 1. The van der Waals surface area contributed by atoms with Crippen molar-refractivity contribution in [1.82, 2.24) is 4.90 Å². The molecule has 7 heteroatoms. The molecule has 1 aliphatic heterocycles. The van der Waals surface area contributed by atoms with Crippen molar-refractivity contribution in [2.45, 2.75) is 17.7 Å². The number of hydrogen-bond donors (Lipinski definition) is 1. The molecular weight excluding hydrogens is 432 g/mol. The zero-order valence-corrected chi connectivity index (χ0v) is 19.1. The Morgan fingerprint density at radius 3 is 2.03 bits per heavy atom. The van der Waals surface area contributed by atoms with E-state index in [4.69, 9.17) is 16.3 Å². The highest BCUT2D eigenvalue weighted by atomic mass is 35.5. The predicted octanol–water partition coefficient (Wildman–Crippen LogP) is 4.85. The smallest absolute Gasteiger partial charge is 0.262 e. The van der Waals surface area contributed by atoms with Crippen molar-refractivity contribution in [2.75, 3.05) is 32.0 Å². The van der Waals surface area contributed by atoms with E-state index in [0.29, 0.717) is 16.5 Å². The first-order chi connectivity index (χ1) is 14.9. The second kappa shape index (κ2) is 8.91. The van der Waals surface area contributed by atoms with Crippen LogP contribution in [-0.4, -0.2) is 40.6 Å². The van der Waals surface area contributed by atoms with Gasteiger partial charge >= 0.3 is 0 Å². The Morgan fingerprint density at radius 2 is 1.45 bits per heavy atom. The Balaban J connectivity index is 1.60. The Labute approximate surface area is 188 Å². The Kier molecular flexibility index (Phi) is 6.23. The summed E-state index contributed by atoms with van der Waals surface area (Å²) in [6.07, 6.45) is 1.79. The van der Waals surface area contributed by atoms with Gasteiger partial charge in [0.15, 0.2) is 0 Å². The molecular formula is C24H25ClN2O3S. The summed E-state index contributed by atoms with van der Waals surface area (Å²) in [4.78, 5) is 2.47. The van der Waals surface area contributed by atoms with Gasteiger partial charge in [-0.05, 0) is 78.5 Å². The van der Waals surface area contributed by atoms with Gasteiger partial charge in [-0.25, -0.2) is 8.42 Å². The van der Waals surface area contributed by atoms with Gasteiger partial charge in [0.25, 0.3) is 10.0 Å². The molecule has 1 aliphatic rings. The highest BCUT2D eigenvalue weighted by Gasteiger charge is 2.20. The third-order valence-corrected chi connectivity index (χ3v) is 7.27. The van der Waals surface area contributed by atoms with Crippen LogP contribution in [0.15, 0.2) is 65.6 Å². The zero-order valence-electron chi connectivity index (χ0n) is 17.6. The van der Waals surface area contributed by atoms with Gasteiger partial charge in [0.1, 0.15) is 5.75 Å². The summed E-state index contributed by atoms with van der Waals surface area (Å²) in [5.74, 6) is 0.532. The molecule has 0 saturated heterocycles. The molecule has 3 aromatic rings. The molecule has 0 spiro atoms. The molecule has 4 rings (SSSR count). The molecule has 0 fully saturated rings. The van der Waals surface area contributed by atoms with Gasteiger partial charge in [-0.1, -0.05) is 35.9 Å². The van der Waals surface area contributed by atoms with E-state index in [9.17, 15) is 8.42 Å². The number of sulfonamides is 1. The zero-order chi connectivity index (χ0) is 22.0. The van der Waals surface area contributed by atoms with E-state index < -0.39 is 10.0 Å². The molecule has 0 aromatic heterocycles. The van der Waals surface area contributed by atoms with Crippen LogP contribution in [0.4, 0.5) is 5.69 Å². The minimum Gasteiger partial charge on any atom is -0.495 e. The fourth-order valence-corrected chi connectivity index (χ4v) is 4.98. The first-order valence-corrected chi connectivity index (χ1v) is 12.0. The fourth-order valence-electron chi connectivity index (χ4n) is 3.79. The summed E-state index contributed by atoms with van der Waals surface area (Å²) in [6.45, 7) is 1.92. The fraction of sp³-hybridized carbons (Fsp3) is 0.250. The first kappa shape index (κ1) is 21.7. The Morgan fingerprint density at radius 1 is 0.903 bits per heavy atom. The summed E-state index contributed by atoms with van der Waals surface area (Å²) in [5, 5.41) is 0.661. The molecule has 0 amide bonds. The van der Waals surface area contributed by atoms with Crippen molar-refractivity contribution in [2.24, 2.45) is 0 Å². The van der Waals surface area contributed by atoms with Gasteiger partial charge in [0.05, 0.1) is 17.7 Å². The number of fused-ring (bicyclic) bond motifs is 1. The summed E-state index contributed by atoms with van der Waals surface area (Å²) in [5.41, 5.74) is 4.71. The van der Waals surface area contributed by atoms with Crippen LogP contribution >= 0.6 is 11.6 Å². The molecule has 1 N–H and O–H groups in total. The van der Waals surface area contributed by atoms with Crippen molar-refractivity contribution in [3.8, 4) is 16.9 Å². The Bertz CT molecular complexity index is 1180. The number of halogens is 1. The van der Waals surface area contributed by atoms with Crippen molar-refractivity contribution in [1.29, 1.82) is 0 Å². The third kappa shape index (κ3) is 4.87. The quantitative estimate of drug-likeness (QED) is 0.596. The van der Waals surface area contributed by atoms with E-state index in [1.807, 2.05) is 36.4 Å². The minimum atomic E-state index is -3.76. The van der Waals surface area contributed by atoms with Gasteiger partial charge < -0.3 is 9.64 Å². The number of anilines is 1. The predicted molar refractivity (Wildman–Crippen MR) is 126 cm³/mol. The average molecular weight is 457 g/mol. The highest BCUT2D eigenvalue weighted by Crippen LogP contribution is 2.32. The molecule has 0 bridgehead atoms. The van der Waals surface area contributed by atoms with Crippen molar-refractivity contribution in [3.63, 3.8) is 0 Å². The third-order valence-electron chi connectivity index (χ3n) is 5.63. The molecule has 0 atom stereocenters. The van der Waals surface area contributed by atoms with Gasteiger partial charge in [0.2, 0.25) is 0 Å². The molecule has 1 heterocycles. The highest BCUT2D eigenvalue weighted by molar-refractivity contribution is 7.92. The Hall–Kier alpha value is -2.54. The number of methoxy groups -OCH3 is 1. The van der Waals surface area contributed by atoms with E-state index in [-0.39, 0.29) is 4.90 Å². The van der Waals surface area contributed by atoms with Crippen LogP contribution in [0.2, 0.25) is 5.02 Å². The normalized spacial score (nSPS) is 14.5. The van der Waals surface area contributed by atoms with Crippen molar-refractivity contribution < 1.29 is 13.2 Å². The van der Waals surface area contributed by atoms with Crippen LogP contribution in [0, 0.1) is 0 Å². The molecule has 5 nitrogen and oxygen atoms in total. The summed E-state index contributed by atoms with van der Waals surface area (Å²) >= 11 is 5.95. The molecule has 0 radical (unpaired) electrons. The van der Waals surface area contributed by atoms with Gasteiger partial charge in [-0.2, -0.15) is 0 Å². The van der Waals surface area contributed by atoms with E-state index >= 15 is 0 Å². The molecule has 3 aromatic carbocycles. The second-order valence-electron chi connectivity index (χ2n) is 7.76. The number of rotatable bonds is 5. The van der Waals surface area contributed by atoms with Crippen LogP contribution in [0.3, 0.4) is 0 Å². The minimum absolute atomic E-state index is 0.196. The number of ether oxygens (including phenoxy) is 1. The molecule has 0 saturated carbocycles. The average Bonchev–Trinajstić information content (AvgIpc) is 2.95. The first-order valence-electron chi connectivity index (χ1n) is 10.1. The van der Waals surface area contributed by atoms with Crippen LogP contribution in [0.1, 0.15) is 11.1 Å². The van der Waals surface area contributed by atoms with Crippen LogP contribution in [0.25, 0.3) is 11.1 Å². The molecule has 0 aliphatic carbocycles. The van der Waals surface area contributed by atoms with Gasteiger partial charge in [0, 0.05) is 18.1 Å². The van der Waals surface area contributed by atoms with Gasteiger partial charge in [-0.15, -0.1) is 0 Å². The van der Waals surface area contributed by atoms with Crippen molar-refractivity contribution in [3.05, 3.63) is 76.8 Å². The topological polar surface area (TPSA) is 58.6 Å². The monoisotopic (exact) mass is 456 g/mol. The summed E-state index contributed by atoms with van der Waals surface area (Å²) < 4.78 is 34.3. The second-order valence-corrected chi connectivity index (χ2v) is 9.88. The number of likely N-dealkylation sites (N-methyl/N-ethyl adjacent to an activating group) is 1. The maximum atomic E-state index is 13.1. The lowest BCUT2D eigenvalue weighted by Gasteiger charge is -2.16. The van der Waals surface area contributed by atoms with Crippen LogP contribution in [-0.2, 0) is 22.9 Å². The summed E-state index contributed by atoms with van der Waals surface area (Å²) in [7, 11) is -0.103. The molecule has 162 valence electrons. The number of benzene rings is 3. The van der Waals surface area contributed by atoms with Crippen molar-refractivity contribution >= 4 is 27.3 Å². The van der Waals surface area contributed by atoms with Crippen LogP contribution < -0.4 is 9.46 Å². The van der Waals surface area contributed by atoms with E-state index in [0.717, 1.165) is 42.6 Å². The maximum absolute atomic E-state index is 13.1. The summed E-state index contributed by atoms with van der Waals surface area (Å²) in [6, 6.07) is 18.1. The molecule has 31 heavy (non-hydrogen) atoms.